The normalized spacial score (nSPS) is 10.7. The van der Waals surface area contributed by atoms with E-state index in [1.54, 1.807) is 6.07 Å². The first-order valence-electron chi connectivity index (χ1n) is 6.32. The molecular weight excluding hydrogens is 252 g/mol. The van der Waals surface area contributed by atoms with Gasteiger partial charge in [-0.15, -0.1) is 0 Å². The van der Waals surface area contributed by atoms with Crippen molar-refractivity contribution < 1.29 is 9.53 Å². The average molecular weight is 266 g/mol. The number of carbonyl (C=O) groups excluding carboxylic acids is 1. The molecule has 0 radical (unpaired) electrons. The monoisotopic (exact) mass is 266 g/mol. The van der Waals surface area contributed by atoms with Gasteiger partial charge < -0.3 is 9.14 Å². The molecule has 0 saturated carbocycles. The fourth-order valence-corrected chi connectivity index (χ4v) is 2.29. The zero-order chi connectivity index (χ0) is 14.1. The van der Waals surface area contributed by atoms with Gasteiger partial charge >= 0.3 is 5.97 Å². The van der Waals surface area contributed by atoms with Gasteiger partial charge in [-0.1, -0.05) is 12.1 Å². The van der Waals surface area contributed by atoms with Crippen LogP contribution < -0.4 is 0 Å². The Morgan fingerprint density at radius 1 is 1.25 bits per heavy atom. The molecule has 100 valence electrons. The van der Waals surface area contributed by atoms with Crippen LogP contribution in [0.4, 0.5) is 0 Å². The molecule has 4 nitrogen and oxygen atoms in total. The SMILES string of the molecule is COC(=O)c1cccc(-c2cccn3cc(C)nc23)c1. The second-order valence-electron chi connectivity index (χ2n) is 4.61. The molecule has 0 saturated heterocycles. The van der Waals surface area contributed by atoms with Crippen molar-refractivity contribution >= 4 is 11.6 Å². The second-order valence-corrected chi connectivity index (χ2v) is 4.61. The number of imidazole rings is 1. The van der Waals surface area contributed by atoms with Crippen molar-refractivity contribution in [2.45, 2.75) is 6.92 Å². The smallest absolute Gasteiger partial charge is 0.337 e. The lowest BCUT2D eigenvalue weighted by Crippen LogP contribution is -2.01. The molecule has 0 unspecified atom stereocenters. The van der Waals surface area contributed by atoms with Crippen LogP contribution >= 0.6 is 0 Å². The third-order valence-corrected chi connectivity index (χ3v) is 3.20. The minimum Gasteiger partial charge on any atom is -0.465 e. The summed E-state index contributed by atoms with van der Waals surface area (Å²) in [6.07, 6.45) is 3.94. The van der Waals surface area contributed by atoms with Crippen LogP contribution in [0.25, 0.3) is 16.8 Å². The molecule has 0 aliphatic carbocycles. The highest BCUT2D eigenvalue weighted by Crippen LogP contribution is 2.25. The number of pyridine rings is 1. The van der Waals surface area contributed by atoms with E-state index in [2.05, 4.69) is 4.98 Å². The lowest BCUT2D eigenvalue weighted by Gasteiger charge is -2.06. The minimum absolute atomic E-state index is 0.335. The molecule has 0 aliphatic heterocycles. The first-order chi connectivity index (χ1) is 9.69. The maximum atomic E-state index is 11.6. The number of hydrogen-bond donors (Lipinski definition) is 0. The minimum atomic E-state index is -0.335. The van der Waals surface area contributed by atoms with Crippen molar-refractivity contribution in [1.82, 2.24) is 9.38 Å². The largest absolute Gasteiger partial charge is 0.465 e. The third kappa shape index (κ3) is 2.05. The van der Waals surface area contributed by atoms with E-state index in [0.29, 0.717) is 5.56 Å². The summed E-state index contributed by atoms with van der Waals surface area (Å²) in [4.78, 5) is 16.2. The van der Waals surface area contributed by atoms with Crippen LogP contribution in [0.2, 0.25) is 0 Å². The lowest BCUT2D eigenvalue weighted by molar-refractivity contribution is 0.0601. The van der Waals surface area contributed by atoms with Crippen molar-refractivity contribution in [2.75, 3.05) is 7.11 Å². The Kier molecular flexibility index (Phi) is 2.99. The number of fused-ring (bicyclic) bond motifs is 1. The van der Waals surface area contributed by atoms with Crippen molar-refractivity contribution in [3.05, 3.63) is 60.0 Å². The number of ether oxygens (including phenoxy) is 1. The van der Waals surface area contributed by atoms with Crippen LogP contribution in [-0.2, 0) is 4.74 Å². The summed E-state index contributed by atoms with van der Waals surface area (Å²) < 4.78 is 6.74. The van der Waals surface area contributed by atoms with Gasteiger partial charge in [-0.3, -0.25) is 0 Å². The summed E-state index contributed by atoms with van der Waals surface area (Å²) in [6.45, 7) is 1.96. The first-order valence-corrected chi connectivity index (χ1v) is 6.32. The number of aromatic nitrogens is 2. The van der Waals surface area contributed by atoms with Crippen LogP contribution in [0, 0.1) is 6.92 Å². The molecule has 0 atom stereocenters. The van der Waals surface area contributed by atoms with E-state index in [1.165, 1.54) is 7.11 Å². The molecule has 2 heterocycles. The molecule has 0 spiro atoms. The fourth-order valence-electron chi connectivity index (χ4n) is 2.29. The number of aryl methyl sites for hydroxylation is 1. The predicted octanol–water partition coefficient (Wildman–Crippen LogP) is 3.10. The van der Waals surface area contributed by atoms with Crippen LogP contribution in [-0.4, -0.2) is 22.5 Å². The summed E-state index contributed by atoms with van der Waals surface area (Å²) in [5, 5.41) is 0. The summed E-state index contributed by atoms with van der Waals surface area (Å²) >= 11 is 0. The van der Waals surface area contributed by atoms with E-state index < -0.39 is 0 Å². The van der Waals surface area contributed by atoms with Crippen molar-refractivity contribution in [1.29, 1.82) is 0 Å². The number of benzene rings is 1. The standard InChI is InChI=1S/C16H14N2O2/c1-11-10-18-8-4-7-14(15(18)17-11)12-5-3-6-13(9-12)16(19)20-2/h3-10H,1-2H3. The van der Waals surface area contributed by atoms with E-state index in [0.717, 1.165) is 22.5 Å². The van der Waals surface area contributed by atoms with E-state index >= 15 is 0 Å². The molecule has 1 aromatic carbocycles. The van der Waals surface area contributed by atoms with E-state index in [9.17, 15) is 4.79 Å². The number of hydrogen-bond acceptors (Lipinski definition) is 3. The van der Waals surface area contributed by atoms with Gasteiger partial charge in [0.05, 0.1) is 18.4 Å². The van der Waals surface area contributed by atoms with E-state index in [-0.39, 0.29) is 5.97 Å². The summed E-state index contributed by atoms with van der Waals surface area (Å²) in [6, 6.07) is 11.3. The van der Waals surface area contributed by atoms with Crippen LogP contribution in [0.5, 0.6) is 0 Å². The Morgan fingerprint density at radius 3 is 2.90 bits per heavy atom. The van der Waals surface area contributed by atoms with Gasteiger partial charge in [0, 0.05) is 18.0 Å². The van der Waals surface area contributed by atoms with Gasteiger partial charge in [-0.05, 0) is 36.8 Å². The topological polar surface area (TPSA) is 43.6 Å². The van der Waals surface area contributed by atoms with Crippen molar-refractivity contribution in [3.63, 3.8) is 0 Å². The average Bonchev–Trinajstić information content (AvgIpc) is 2.86. The number of rotatable bonds is 2. The highest BCUT2D eigenvalue weighted by atomic mass is 16.5. The number of esters is 1. The Bertz CT molecular complexity index is 790. The number of carbonyl (C=O) groups is 1. The van der Waals surface area contributed by atoms with Gasteiger partial charge in [0.25, 0.3) is 0 Å². The second kappa shape index (κ2) is 4.81. The van der Waals surface area contributed by atoms with Crippen LogP contribution in [0.1, 0.15) is 16.1 Å². The van der Waals surface area contributed by atoms with Crippen molar-refractivity contribution in [3.8, 4) is 11.1 Å². The van der Waals surface area contributed by atoms with Gasteiger partial charge in [0.15, 0.2) is 0 Å². The van der Waals surface area contributed by atoms with Gasteiger partial charge in [0.2, 0.25) is 0 Å². The molecule has 3 aromatic rings. The predicted molar refractivity (Wildman–Crippen MR) is 76.7 cm³/mol. The van der Waals surface area contributed by atoms with Gasteiger partial charge in [0.1, 0.15) is 5.65 Å². The quantitative estimate of drug-likeness (QED) is 0.669. The van der Waals surface area contributed by atoms with Gasteiger partial charge in [-0.2, -0.15) is 0 Å². The summed E-state index contributed by atoms with van der Waals surface area (Å²) in [5.41, 5.74) is 4.32. The number of methoxy groups -OCH3 is 1. The Hall–Kier alpha value is -2.62. The molecule has 2 aromatic heterocycles. The highest BCUT2D eigenvalue weighted by molar-refractivity contribution is 5.91. The lowest BCUT2D eigenvalue weighted by atomic mass is 10.0. The molecular formula is C16H14N2O2. The van der Waals surface area contributed by atoms with E-state index in [1.807, 2.05) is 54.0 Å². The van der Waals surface area contributed by atoms with Crippen LogP contribution in [0.3, 0.4) is 0 Å². The molecule has 0 amide bonds. The summed E-state index contributed by atoms with van der Waals surface area (Å²) in [7, 11) is 1.38. The molecule has 0 aliphatic rings. The molecule has 0 fully saturated rings. The fraction of sp³-hybridized carbons (Fsp3) is 0.125. The highest BCUT2D eigenvalue weighted by Gasteiger charge is 2.10. The molecule has 20 heavy (non-hydrogen) atoms. The molecule has 0 bridgehead atoms. The van der Waals surface area contributed by atoms with Gasteiger partial charge in [-0.25, -0.2) is 9.78 Å². The van der Waals surface area contributed by atoms with E-state index in [4.69, 9.17) is 4.74 Å². The first kappa shape index (κ1) is 12.4. The zero-order valence-corrected chi connectivity index (χ0v) is 11.3. The Balaban J connectivity index is 2.18. The number of nitrogens with zero attached hydrogens (tertiary/aromatic N) is 2. The maximum Gasteiger partial charge on any atom is 0.337 e. The third-order valence-electron chi connectivity index (χ3n) is 3.20. The molecule has 3 rings (SSSR count). The maximum absolute atomic E-state index is 11.6. The Labute approximate surface area is 116 Å². The zero-order valence-electron chi connectivity index (χ0n) is 11.3. The molecule has 0 N–H and O–H groups in total. The molecule has 4 heteroatoms. The van der Waals surface area contributed by atoms with Crippen molar-refractivity contribution in [2.24, 2.45) is 0 Å². The van der Waals surface area contributed by atoms with Crippen LogP contribution in [0.15, 0.2) is 48.8 Å². The Morgan fingerprint density at radius 2 is 2.10 bits per heavy atom. The summed E-state index contributed by atoms with van der Waals surface area (Å²) in [5.74, 6) is -0.335.